The van der Waals surface area contributed by atoms with Crippen molar-refractivity contribution in [2.75, 3.05) is 5.32 Å². The molecule has 0 atom stereocenters. The number of nitrogens with zero attached hydrogens (tertiary/aromatic N) is 3. The Morgan fingerprint density at radius 2 is 2.33 bits per heavy atom. The predicted molar refractivity (Wildman–Crippen MR) is 67.3 cm³/mol. The standard InChI is InChI=1S/C12H9ClN4O/c1-17-7-15-6-11(17)12(18)16-10-3-2-8(5-14)4-9(10)13/h2-4,6-7H,1H3,(H,16,18). The molecule has 2 aromatic rings. The van der Waals surface area contributed by atoms with Crippen molar-refractivity contribution >= 4 is 23.2 Å². The van der Waals surface area contributed by atoms with E-state index in [2.05, 4.69) is 10.3 Å². The van der Waals surface area contributed by atoms with Crippen LogP contribution in [-0.2, 0) is 7.05 Å². The Balaban J connectivity index is 2.23. The summed E-state index contributed by atoms with van der Waals surface area (Å²) < 4.78 is 1.60. The molecule has 0 aliphatic rings. The van der Waals surface area contributed by atoms with Gasteiger partial charge in [0, 0.05) is 7.05 Å². The second kappa shape index (κ2) is 4.90. The number of benzene rings is 1. The molecule has 1 N–H and O–H groups in total. The maximum atomic E-state index is 11.9. The fourth-order valence-corrected chi connectivity index (χ4v) is 1.68. The molecule has 0 spiro atoms. The molecule has 1 aromatic heterocycles. The zero-order valence-corrected chi connectivity index (χ0v) is 10.3. The second-order valence-electron chi connectivity index (χ2n) is 3.65. The van der Waals surface area contributed by atoms with E-state index in [-0.39, 0.29) is 5.91 Å². The largest absolute Gasteiger partial charge is 0.330 e. The minimum Gasteiger partial charge on any atom is -0.330 e. The van der Waals surface area contributed by atoms with Crippen LogP contribution in [0.15, 0.2) is 30.7 Å². The van der Waals surface area contributed by atoms with E-state index in [0.29, 0.717) is 22.0 Å². The van der Waals surface area contributed by atoms with Gasteiger partial charge < -0.3 is 9.88 Å². The molecule has 5 nitrogen and oxygen atoms in total. The van der Waals surface area contributed by atoms with Crippen molar-refractivity contribution in [3.63, 3.8) is 0 Å². The van der Waals surface area contributed by atoms with Gasteiger partial charge in [-0.2, -0.15) is 5.26 Å². The summed E-state index contributed by atoms with van der Waals surface area (Å²) in [5, 5.41) is 11.7. The molecule has 0 radical (unpaired) electrons. The average Bonchev–Trinajstić information content (AvgIpc) is 2.78. The highest BCUT2D eigenvalue weighted by Gasteiger charge is 2.11. The van der Waals surface area contributed by atoms with Gasteiger partial charge in [0.15, 0.2) is 0 Å². The summed E-state index contributed by atoms with van der Waals surface area (Å²) >= 11 is 5.97. The zero-order valence-electron chi connectivity index (χ0n) is 9.51. The number of aryl methyl sites for hydroxylation is 1. The van der Waals surface area contributed by atoms with Gasteiger partial charge in [-0.05, 0) is 18.2 Å². The molecule has 0 saturated carbocycles. The Hall–Kier alpha value is -2.32. The van der Waals surface area contributed by atoms with Crippen LogP contribution in [-0.4, -0.2) is 15.5 Å². The number of rotatable bonds is 2. The van der Waals surface area contributed by atoms with Crippen LogP contribution in [0.3, 0.4) is 0 Å². The highest BCUT2D eigenvalue weighted by atomic mass is 35.5. The quantitative estimate of drug-likeness (QED) is 0.900. The van der Waals surface area contributed by atoms with Gasteiger partial charge in [0.1, 0.15) is 5.69 Å². The summed E-state index contributed by atoms with van der Waals surface area (Å²) in [6.45, 7) is 0. The van der Waals surface area contributed by atoms with Crippen molar-refractivity contribution in [3.8, 4) is 6.07 Å². The predicted octanol–water partition coefficient (Wildman–Crippen LogP) is 2.20. The number of anilines is 1. The van der Waals surface area contributed by atoms with E-state index >= 15 is 0 Å². The lowest BCUT2D eigenvalue weighted by Gasteiger charge is -2.07. The van der Waals surface area contributed by atoms with Crippen LogP contribution in [0.4, 0.5) is 5.69 Å². The number of aromatic nitrogens is 2. The summed E-state index contributed by atoms with van der Waals surface area (Å²) in [7, 11) is 1.72. The number of amides is 1. The molecular weight excluding hydrogens is 252 g/mol. The minimum absolute atomic E-state index is 0.304. The molecule has 0 aliphatic carbocycles. The Bertz CT molecular complexity index is 642. The first-order chi connectivity index (χ1) is 8.61. The topological polar surface area (TPSA) is 70.7 Å². The third-order valence-electron chi connectivity index (χ3n) is 2.40. The summed E-state index contributed by atoms with van der Waals surface area (Å²) in [5.41, 5.74) is 1.33. The van der Waals surface area contributed by atoms with Gasteiger partial charge in [0.2, 0.25) is 0 Å². The summed E-state index contributed by atoms with van der Waals surface area (Å²) in [6, 6.07) is 6.65. The maximum absolute atomic E-state index is 11.9. The number of hydrogen-bond acceptors (Lipinski definition) is 3. The number of nitriles is 1. The number of carbonyl (C=O) groups excluding carboxylic acids is 1. The highest BCUT2D eigenvalue weighted by Crippen LogP contribution is 2.23. The maximum Gasteiger partial charge on any atom is 0.273 e. The molecule has 90 valence electrons. The van der Waals surface area contributed by atoms with Crippen molar-refractivity contribution < 1.29 is 4.79 Å². The summed E-state index contributed by atoms with van der Waals surface area (Å²) in [4.78, 5) is 15.8. The molecule has 0 bridgehead atoms. The number of carbonyl (C=O) groups is 1. The molecule has 2 rings (SSSR count). The van der Waals surface area contributed by atoms with Gasteiger partial charge in [-0.25, -0.2) is 4.98 Å². The molecule has 0 unspecified atom stereocenters. The van der Waals surface area contributed by atoms with Crippen molar-refractivity contribution in [3.05, 3.63) is 47.0 Å². The Morgan fingerprint density at radius 3 is 2.89 bits per heavy atom. The van der Waals surface area contributed by atoms with Gasteiger partial charge in [-0.15, -0.1) is 0 Å². The fraction of sp³-hybridized carbons (Fsp3) is 0.0833. The van der Waals surface area contributed by atoms with E-state index in [1.807, 2.05) is 6.07 Å². The van der Waals surface area contributed by atoms with Crippen LogP contribution < -0.4 is 5.32 Å². The van der Waals surface area contributed by atoms with Gasteiger partial charge in [-0.3, -0.25) is 4.79 Å². The number of nitrogens with one attached hydrogen (secondary N) is 1. The highest BCUT2D eigenvalue weighted by molar-refractivity contribution is 6.34. The van der Waals surface area contributed by atoms with E-state index in [1.54, 1.807) is 23.7 Å². The van der Waals surface area contributed by atoms with E-state index in [0.717, 1.165) is 0 Å². The second-order valence-corrected chi connectivity index (χ2v) is 4.06. The lowest BCUT2D eigenvalue weighted by atomic mass is 10.2. The molecule has 0 saturated heterocycles. The average molecular weight is 261 g/mol. The number of halogens is 1. The van der Waals surface area contributed by atoms with Gasteiger partial charge in [-0.1, -0.05) is 11.6 Å². The minimum atomic E-state index is -0.304. The van der Waals surface area contributed by atoms with E-state index in [1.165, 1.54) is 18.6 Å². The lowest BCUT2D eigenvalue weighted by molar-refractivity contribution is 0.101. The van der Waals surface area contributed by atoms with Crippen molar-refractivity contribution in [2.45, 2.75) is 0 Å². The zero-order chi connectivity index (χ0) is 13.1. The lowest BCUT2D eigenvalue weighted by Crippen LogP contribution is -2.15. The van der Waals surface area contributed by atoms with E-state index in [4.69, 9.17) is 16.9 Å². The Labute approximate surface area is 109 Å². The van der Waals surface area contributed by atoms with Crippen LogP contribution in [0.2, 0.25) is 5.02 Å². The van der Waals surface area contributed by atoms with E-state index < -0.39 is 0 Å². The monoisotopic (exact) mass is 260 g/mol. The molecule has 0 aliphatic heterocycles. The first-order valence-corrected chi connectivity index (χ1v) is 5.47. The Kier molecular flexibility index (Phi) is 3.31. The van der Waals surface area contributed by atoms with Gasteiger partial charge in [0.05, 0.1) is 34.9 Å². The number of hydrogen-bond donors (Lipinski definition) is 1. The SMILES string of the molecule is Cn1cncc1C(=O)Nc1ccc(C#N)cc1Cl. The van der Waals surface area contributed by atoms with Crippen LogP contribution in [0.5, 0.6) is 0 Å². The van der Waals surface area contributed by atoms with Crippen molar-refractivity contribution in [2.24, 2.45) is 7.05 Å². The first-order valence-electron chi connectivity index (χ1n) is 5.09. The third kappa shape index (κ3) is 2.34. The first kappa shape index (κ1) is 12.1. The summed E-state index contributed by atoms with van der Waals surface area (Å²) in [6.07, 6.45) is 3.00. The smallest absolute Gasteiger partial charge is 0.273 e. The molecule has 6 heteroatoms. The molecule has 18 heavy (non-hydrogen) atoms. The molecule has 0 fully saturated rings. The van der Waals surface area contributed by atoms with Crippen LogP contribution in [0, 0.1) is 11.3 Å². The third-order valence-corrected chi connectivity index (χ3v) is 2.71. The Morgan fingerprint density at radius 1 is 1.56 bits per heavy atom. The van der Waals surface area contributed by atoms with Crippen molar-refractivity contribution in [1.29, 1.82) is 5.26 Å². The molecular formula is C12H9ClN4O. The van der Waals surface area contributed by atoms with E-state index in [9.17, 15) is 4.79 Å². The molecule has 1 aromatic carbocycles. The number of imidazole rings is 1. The van der Waals surface area contributed by atoms with Crippen LogP contribution >= 0.6 is 11.6 Å². The van der Waals surface area contributed by atoms with Crippen molar-refractivity contribution in [1.82, 2.24) is 9.55 Å². The fourth-order valence-electron chi connectivity index (χ4n) is 1.45. The van der Waals surface area contributed by atoms with Crippen LogP contribution in [0.25, 0.3) is 0 Å². The normalized spacial score (nSPS) is 9.83. The van der Waals surface area contributed by atoms with Crippen LogP contribution in [0.1, 0.15) is 16.1 Å². The van der Waals surface area contributed by atoms with Gasteiger partial charge in [0.25, 0.3) is 5.91 Å². The van der Waals surface area contributed by atoms with Gasteiger partial charge >= 0.3 is 0 Å². The molecule has 1 amide bonds. The molecule has 1 heterocycles. The summed E-state index contributed by atoms with van der Waals surface area (Å²) in [5.74, 6) is -0.304.